The van der Waals surface area contributed by atoms with Gasteiger partial charge in [-0.25, -0.2) is 9.69 Å². The van der Waals surface area contributed by atoms with E-state index in [1.807, 2.05) is 6.92 Å². The lowest BCUT2D eigenvalue weighted by Crippen LogP contribution is -2.29. The molecule has 0 radical (unpaired) electrons. The molecule has 0 spiro atoms. The first-order valence-corrected chi connectivity index (χ1v) is 8.49. The van der Waals surface area contributed by atoms with E-state index in [1.54, 1.807) is 42.5 Å². The first kappa shape index (κ1) is 17.5. The van der Waals surface area contributed by atoms with Crippen molar-refractivity contribution in [2.75, 3.05) is 4.90 Å². The van der Waals surface area contributed by atoms with Crippen molar-refractivity contribution >= 4 is 23.5 Å². The highest BCUT2D eigenvalue weighted by Gasteiger charge is 2.37. The molecule has 1 aromatic heterocycles. The number of imide groups is 1. The third-order valence-electron chi connectivity index (χ3n) is 4.39. The molecule has 1 N–H and O–H groups in total. The lowest BCUT2D eigenvalue weighted by atomic mass is 10.1. The number of ether oxygens (including phenoxy) is 1. The third kappa shape index (κ3) is 2.92. The lowest BCUT2D eigenvalue weighted by Gasteiger charge is -2.19. The van der Waals surface area contributed by atoms with E-state index < -0.39 is 17.8 Å². The molecule has 0 saturated heterocycles. The minimum atomic E-state index is -1.17. The van der Waals surface area contributed by atoms with Gasteiger partial charge in [-0.05, 0) is 48.9 Å². The molecule has 2 heterocycles. The van der Waals surface area contributed by atoms with E-state index in [9.17, 15) is 14.4 Å². The third-order valence-corrected chi connectivity index (χ3v) is 4.39. The molecule has 0 aliphatic carbocycles. The van der Waals surface area contributed by atoms with E-state index in [1.165, 1.54) is 12.1 Å². The molecule has 1 aliphatic heterocycles. The summed E-state index contributed by atoms with van der Waals surface area (Å²) < 4.78 is 10.9. The van der Waals surface area contributed by atoms with Crippen LogP contribution in [-0.2, 0) is 6.61 Å². The van der Waals surface area contributed by atoms with Gasteiger partial charge in [-0.1, -0.05) is 18.2 Å². The van der Waals surface area contributed by atoms with Gasteiger partial charge in [0.2, 0.25) is 5.76 Å². The van der Waals surface area contributed by atoms with Crippen molar-refractivity contribution < 1.29 is 28.6 Å². The number of carbonyl (C=O) groups is 3. The summed E-state index contributed by atoms with van der Waals surface area (Å²) in [5.41, 5.74) is 1.87. The van der Waals surface area contributed by atoms with Gasteiger partial charge in [0.1, 0.15) is 18.1 Å². The zero-order valence-electron chi connectivity index (χ0n) is 14.8. The summed E-state index contributed by atoms with van der Waals surface area (Å²) in [6, 6.07) is 14.6. The Balaban J connectivity index is 1.65. The van der Waals surface area contributed by atoms with E-state index in [4.69, 9.17) is 14.3 Å². The van der Waals surface area contributed by atoms with Crippen molar-refractivity contribution in [1.82, 2.24) is 0 Å². The summed E-state index contributed by atoms with van der Waals surface area (Å²) in [6.07, 6.45) is 0. The SMILES string of the molecule is Cc1ccc(OCc2ccc(C(=O)O)o2)c(N2C(=O)c3ccccc3C2=O)c1. The molecule has 0 fully saturated rings. The molecule has 2 aromatic carbocycles. The zero-order chi connectivity index (χ0) is 19.8. The normalized spacial score (nSPS) is 13.0. The van der Waals surface area contributed by atoms with Gasteiger partial charge in [0, 0.05) is 0 Å². The number of hydrogen-bond acceptors (Lipinski definition) is 5. The number of rotatable bonds is 5. The molecule has 0 atom stereocenters. The Kier molecular flexibility index (Phi) is 4.19. The van der Waals surface area contributed by atoms with Crippen LogP contribution in [0.3, 0.4) is 0 Å². The van der Waals surface area contributed by atoms with E-state index >= 15 is 0 Å². The molecule has 0 bridgehead atoms. The molecule has 7 heteroatoms. The molecule has 4 rings (SSSR count). The topological polar surface area (TPSA) is 97.1 Å². The number of anilines is 1. The van der Waals surface area contributed by atoms with Crippen LogP contribution in [0.25, 0.3) is 0 Å². The molecule has 1 aliphatic rings. The predicted molar refractivity (Wildman–Crippen MR) is 98.8 cm³/mol. The number of benzene rings is 2. The van der Waals surface area contributed by atoms with Crippen LogP contribution in [0.5, 0.6) is 5.75 Å². The van der Waals surface area contributed by atoms with Crippen LogP contribution >= 0.6 is 0 Å². The zero-order valence-corrected chi connectivity index (χ0v) is 14.8. The number of carboxylic acid groups (broad SMARTS) is 1. The maximum absolute atomic E-state index is 12.8. The van der Waals surface area contributed by atoms with Gasteiger partial charge in [0.25, 0.3) is 11.8 Å². The van der Waals surface area contributed by atoms with Crippen molar-refractivity contribution in [1.29, 1.82) is 0 Å². The van der Waals surface area contributed by atoms with Gasteiger partial charge >= 0.3 is 5.97 Å². The lowest BCUT2D eigenvalue weighted by molar-refractivity contribution is 0.0657. The van der Waals surface area contributed by atoms with Gasteiger partial charge < -0.3 is 14.3 Å². The monoisotopic (exact) mass is 377 g/mol. The average molecular weight is 377 g/mol. The molecule has 0 saturated carbocycles. The highest BCUT2D eigenvalue weighted by Crippen LogP contribution is 2.36. The Bertz CT molecular complexity index is 1080. The number of nitrogens with zero attached hydrogens (tertiary/aromatic N) is 1. The Morgan fingerprint density at radius 1 is 1.04 bits per heavy atom. The number of fused-ring (bicyclic) bond motifs is 1. The number of carbonyl (C=O) groups excluding carboxylic acids is 2. The molecule has 2 amide bonds. The number of furan rings is 1. The van der Waals surface area contributed by atoms with Crippen LogP contribution in [0.1, 0.15) is 42.6 Å². The van der Waals surface area contributed by atoms with Crippen molar-refractivity contribution in [2.24, 2.45) is 0 Å². The van der Waals surface area contributed by atoms with Crippen molar-refractivity contribution in [3.05, 3.63) is 82.8 Å². The summed E-state index contributed by atoms with van der Waals surface area (Å²) >= 11 is 0. The maximum atomic E-state index is 12.8. The number of carboxylic acids is 1. The molecule has 0 unspecified atom stereocenters. The second-order valence-electron chi connectivity index (χ2n) is 6.32. The maximum Gasteiger partial charge on any atom is 0.371 e. The smallest absolute Gasteiger partial charge is 0.371 e. The Labute approximate surface area is 159 Å². The summed E-state index contributed by atoms with van der Waals surface area (Å²) in [7, 11) is 0. The fraction of sp³-hybridized carbons (Fsp3) is 0.0952. The predicted octanol–water partition coefficient (Wildman–Crippen LogP) is 3.67. The second kappa shape index (κ2) is 6.70. The van der Waals surface area contributed by atoms with Gasteiger partial charge in [0.15, 0.2) is 0 Å². The molecular formula is C21H15NO6. The molecule has 3 aromatic rings. The summed E-state index contributed by atoms with van der Waals surface area (Å²) in [5, 5.41) is 8.93. The molecule has 140 valence electrons. The average Bonchev–Trinajstić information content (AvgIpc) is 3.25. The highest BCUT2D eigenvalue weighted by atomic mass is 16.5. The van der Waals surface area contributed by atoms with Gasteiger partial charge in [-0.15, -0.1) is 0 Å². The van der Waals surface area contributed by atoms with Crippen LogP contribution in [0, 0.1) is 6.92 Å². The van der Waals surface area contributed by atoms with Crippen molar-refractivity contribution in [3.8, 4) is 5.75 Å². The standard InChI is InChI=1S/C21H15NO6/c1-12-6-8-17(27-11-13-7-9-18(28-13)21(25)26)16(10-12)22-19(23)14-4-2-3-5-15(14)20(22)24/h2-10H,11H2,1H3,(H,25,26). The largest absolute Gasteiger partial charge is 0.483 e. The molecular weight excluding hydrogens is 362 g/mol. The Morgan fingerprint density at radius 2 is 1.71 bits per heavy atom. The summed E-state index contributed by atoms with van der Waals surface area (Å²) in [6.45, 7) is 1.80. The first-order chi connectivity index (χ1) is 13.5. The van der Waals surface area contributed by atoms with Crippen molar-refractivity contribution in [3.63, 3.8) is 0 Å². The van der Waals surface area contributed by atoms with Gasteiger partial charge in [-0.2, -0.15) is 0 Å². The Hall–Kier alpha value is -3.87. The van der Waals surface area contributed by atoms with E-state index in [0.29, 0.717) is 28.3 Å². The number of aryl methyl sites for hydroxylation is 1. The van der Waals surface area contributed by atoms with Gasteiger partial charge in [0.05, 0.1) is 16.8 Å². The van der Waals surface area contributed by atoms with E-state index in [2.05, 4.69) is 0 Å². The fourth-order valence-electron chi connectivity index (χ4n) is 3.05. The second-order valence-corrected chi connectivity index (χ2v) is 6.32. The van der Waals surface area contributed by atoms with Crippen LogP contribution < -0.4 is 9.64 Å². The van der Waals surface area contributed by atoms with Crippen molar-refractivity contribution in [2.45, 2.75) is 13.5 Å². The minimum absolute atomic E-state index is 0.0491. The van der Waals surface area contributed by atoms with Crippen LogP contribution in [0.4, 0.5) is 5.69 Å². The number of amides is 2. The highest BCUT2D eigenvalue weighted by molar-refractivity contribution is 6.34. The molecule has 28 heavy (non-hydrogen) atoms. The number of aromatic carboxylic acids is 1. The van der Waals surface area contributed by atoms with E-state index in [0.717, 1.165) is 10.5 Å². The van der Waals surface area contributed by atoms with Crippen LogP contribution in [0.15, 0.2) is 59.0 Å². The first-order valence-electron chi connectivity index (χ1n) is 8.49. The van der Waals surface area contributed by atoms with Crippen LogP contribution in [-0.4, -0.2) is 22.9 Å². The quantitative estimate of drug-likeness (QED) is 0.682. The number of hydrogen-bond donors (Lipinski definition) is 1. The molecule has 7 nitrogen and oxygen atoms in total. The van der Waals surface area contributed by atoms with E-state index in [-0.39, 0.29) is 12.4 Å². The fourth-order valence-corrected chi connectivity index (χ4v) is 3.05. The minimum Gasteiger partial charge on any atom is -0.483 e. The van der Waals surface area contributed by atoms with Crippen LogP contribution in [0.2, 0.25) is 0 Å². The summed E-state index contributed by atoms with van der Waals surface area (Å²) in [4.78, 5) is 37.6. The Morgan fingerprint density at radius 3 is 2.32 bits per heavy atom. The van der Waals surface area contributed by atoms with Gasteiger partial charge in [-0.3, -0.25) is 9.59 Å². The summed E-state index contributed by atoms with van der Waals surface area (Å²) in [5.74, 6) is -1.57.